The summed E-state index contributed by atoms with van der Waals surface area (Å²) in [5.41, 5.74) is 2.60. The molecule has 0 aromatic rings. The molecule has 0 radical (unpaired) electrons. The van der Waals surface area contributed by atoms with E-state index in [1.54, 1.807) is 6.08 Å². The summed E-state index contributed by atoms with van der Waals surface area (Å²) in [7, 11) is 0. The van der Waals surface area contributed by atoms with Gasteiger partial charge in [-0.2, -0.15) is 5.26 Å². The molecule has 1 unspecified atom stereocenters. The van der Waals surface area contributed by atoms with Gasteiger partial charge in [0.25, 0.3) is 0 Å². The van der Waals surface area contributed by atoms with Crippen LogP contribution in [0.5, 0.6) is 0 Å². The standard InChI is InChI=1S/C11H13N/c1-3-4-11-9(2)5-6-10(11)7-8-12/h3,5,7,11H,1,4,6H2,2H3/b10-7-. The second-order valence-electron chi connectivity index (χ2n) is 3.08. The lowest BCUT2D eigenvalue weighted by molar-refractivity contribution is 0.747. The van der Waals surface area contributed by atoms with Gasteiger partial charge in [-0.05, 0) is 25.3 Å². The molecule has 0 amide bonds. The molecule has 0 aromatic heterocycles. The van der Waals surface area contributed by atoms with Crippen molar-refractivity contribution in [3.63, 3.8) is 0 Å². The first-order valence-electron chi connectivity index (χ1n) is 4.15. The average Bonchev–Trinajstić information content (AvgIpc) is 2.37. The van der Waals surface area contributed by atoms with Gasteiger partial charge in [0, 0.05) is 12.0 Å². The molecule has 1 heteroatoms. The van der Waals surface area contributed by atoms with Crippen molar-refractivity contribution in [3.8, 4) is 6.07 Å². The number of hydrogen-bond donors (Lipinski definition) is 0. The molecule has 0 fully saturated rings. The third-order valence-corrected chi connectivity index (χ3v) is 2.31. The molecule has 1 nitrogen and oxygen atoms in total. The third kappa shape index (κ3) is 1.65. The van der Waals surface area contributed by atoms with Crippen LogP contribution in [0.2, 0.25) is 0 Å². The van der Waals surface area contributed by atoms with Crippen molar-refractivity contribution in [3.05, 3.63) is 36.0 Å². The van der Waals surface area contributed by atoms with Crippen LogP contribution in [0.3, 0.4) is 0 Å². The number of hydrogen-bond acceptors (Lipinski definition) is 1. The molecule has 1 aliphatic carbocycles. The zero-order valence-electron chi connectivity index (χ0n) is 7.38. The Kier molecular flexibility index (Phi) is 2.88. The monoisotopic (exact) mass is 159 g/mol. The molecule has 0 heterocycles. The quantitative estimate of drug-likeness (QED) is 0.449. The van der Waals surface area contributed by atoms with E-state index in [0.29, 0.717) is 5.92 Å². The Hall–Kier alpha value is -1.29. The second kappa shape index (κ2) is 3.92. The number of nitrogens with zero attached hydrogens (tertiary/aromatic N) is 1. The van der Waals surface area contributed by atoms with Crippen LogP contribution in [-0.4, -0.2) is 0 Å². The molecule has 1 rings (SSSR count). The van der Waals surface area contributed by atoms with Gasteiger partial charge in [-0.25, -0.2) is 0 Å². The largest absolute Gasteiger partial charge is 0.193 e. The lowest BCUT2D eigenvalue weighted by Gasteiger charge is -2.10. The summed E-state index contributed by atoms with van der Waals surface area (Å²) in [6, 6.07) is 2.09. The van der Waals surface area contributed by atoms with Gasteiger partial charge in [0.2, 0.25) is 0 Å². The summed E-state index contributed by atoms with van der Waals surface area (Å²) in [6.45, 7) is 5.83. The number of nitriles is 1. The Balaban J connectivity index is 2.78. The van der Waals surface area contributed by atoms with Crippen molar-refractivity contribution in [2.75, 3.05) is 0 Å². The predicted molar refractivity (Wildman–Crippen MR) is 50.4 cm³/mol. The van der Waals surface area contributed by atoms with Gasteiger partial charge in [-0.3, -0.25) is 0 Å². The summed E-state index contributed by atoms with van der Waals surface area (Å²) < 4.78 is 0. The van der Waals surface area contributed by atoms with Crippen LogP contribution in [0.4, 0.5) is 0 Å². The Morgan fingerprint density at radius 2 is 2.58 bits per heavy atom. The van der Waals surface area contributed by atoms with E-state index in [-0.39, 0.29) is 0 Å². The van der Waals surface area contributed by atoms with Crippen molar-refractivity contribution >= 4 is 0 Å². The van der Waals surface area contributed by atoms with E-state index < -0.39 is 0 Å². The summed E-state index contributed by atoms with van der Waals surface area (Å²) in [6.07, 6.45) is 7.67. The Morgan fingerprint density at radius 3 is 3.17 bits per heavy atom. The topological polar surface area (TPSA) is 23.8 Å². The van der Waals surface area contributed by atoms with Gasteiger partial charge >= 0.3 is 0 Å². The Morgan fingerprint density at radius 1 is 1.83 bits per heavy atom. The molecule has 1 atom stereocenters. The van der Waals surface area contributed by atoms with Gasteiger partial charge in [0.15, 0.2) is 0 Å². The molecule has 0 aromatic carbocycles. The minimum Gasteiger partial charge on any atom is -0.193 e. The van der Waals surface area contributed by atoms with E-state index >= 15 is 0 Å². The predicted octanol–water partition coefficient (Wildman–Crippen LogP) is 2.98. The zero-order valence-corrected chi connectivity index (χ0v) is 7.38. The molecule has 12 heavy (non-hydrogen) atoms. The molecular weight excluding hydrogens is 146 g/mol. The summed E-state index contributed by atoms with van der Waals surface area (Å²) in [4.78, 5) is 0. The zero-order chi connectivity index (χ0) is 8.97. The van der Waals surface area contributed by atoms with Gasteiger partial charge in [-0.15, -0.1) is 6.58 Å². The van der Waals surface area contributed by atoms with Crippen LogP contribution in [0.15, 0.2) is 36.0 Å². The molecule has 0 saturated heterocycles. The van der Waals surface area contributed by atoms with E-state index in [4.69, 9.17) is 5.26 Å². The van der Waals surface area contributed by atoms with Gasteiger partial charge in [-0.1, -0.05) is 17.7 Å². The molecule has 0 saturated carbocycles. The minimum absolute atomic E-state index is 0.446. The maximum Gasteiger partial charge on any atom is 0.0911 e. The molecule has 62 valence electrons. The first-order chi connectivity index (χ1) is 5.79. The van der Waals surface area contributed by atoms with E-state index in [1.165, 1.54) is 11.1 Å². The molecule has 0 spiro atoms. The Bertz CT molecular complexity index is 276. The maximum atomic E-state index is 8.52. The third-order valence-electron chi connectivity index (χ3n) is 2.31. The fraction of sp³-hybridized carbons (Fsp3) is 0.364. The fourth-order valence-electron chi connectivity index (χ4n) is 1.60. The molecule has 0 aliphatic heterocycles. The first kappa shape index (κ1) is 8.80. The van der Waals surface area contributed by atoms with Crippen LogP contribution < -0.4 is 0 Å². The molecular formula is C11H13N. The van der Waals surface area contributed by atoms with Crippen molar-refractivity contribution < 1.29 is 0 Å². The van der Waals surface area contributed by atoms with Crippen LogP contribution in [0.25, 0.3) is 0 Å². The summed E-state index contributed by atoms with van der Waals surface area (Å²) in [5, 5.41) is 8.52. The van der Waals surface area contributed by atoms with Crippen LogP contribution in [0.1, 0.15) is 19.8 Å². The van der Waals surface area contributed by atoms with Crippen molar-refractivity contribution in [1.82, 2.24) is 0 Å². The highest BCUT2D eigenvalue weighted by Crippen LogP contribution is 2.33. The normalized spacial score (nSPS) is 25.2. The van der Waals surface area contributed by atoms with Crippen LogP contribution in [-0.2, 0) is 0 Å². The molecule has 0 bridgehead atoms. The minimum atomic E-state index is 0.446. The highest BCUT2D eigenvalue weighted by atomic mass is 14.3. The van der Waals surface area contributed by atoms with Gasteiger partial charge in [0.1, 0.15) is 0 Å². The van der Waals surface area contributed by atoms with Gasteiger partial charge < -0.3 is 0 Å². The molecule has 1 aliphatic rings. The first-order valence-corrected chi connectivity index (χ1v) is 4.15. The highest BCUT2D eigenvalue weighted by Gasteiger charge is 2.19. The van der Waals surface area contributed by atoms with E-state index in [2.05, 4.69) is 25.6 Å². The maximum absolute atomic E-state index is 8.52. The average molecular weight is 159 g/mol. The lowest BCUT2D eigenvalue weighted by atomic mass is 9.94. The Labute approximate surface area is 73.7 Å². The SMILES string of the molecule is C=CCC1C(C)=CC/C1=C/C#N. The van der Waals surface area contributed by atoms with Crippen molar-refractivity contribution in [2.45, 2.75) is 19.8 Å². The summed E-state index contributed by atoms with van der Waals surface area (Å²) >= 11 is 0. The summed E-state index contributed by atoms with van der Waals surface area (Å²) in [5.74, 6) is 0.446. The smallest absolute Gasteiger partial charge is 0.0911 e. The second-order valence-corrected chi connectivity index (χ2v) is 3.08. The number of allylic oxidation sites excluding steroid dienone is 5. The van der Waals surface area contributed by atoms with Crippen LogP contribution in [0, 0.1) is 17.2 Å². The lowest BCUT2D eigenvalue weighted by Crippen LogP contribution is -1.98. The van der Waals surface area contributed by atoms with Gasteiger partial charge in [0.05, 0.1) is 6.07 Å². The highest BCUT2D eigenvalue weighted by molar-refractivity contribution is 5.33. The van der Waals surface area contributed by atoms with Crippen molar-refractivity contribution in [1.29, 1.82) is 5.26 Å². The van der Waals surface area contributed by atoms with E-state index in [0.717, 1.165) is 12.8 Å². The number of rotatable bonds is 2. The van der Waals surface area contributed by atoms with Crippen molar-refractivity contribution in [2.24, 2.45) is 5.92 Å². The molecule has 0 N–H and O–H groups in total. The van der Waals surface area contributed by atoms with E-state index in [9.17, 15) is 0 Å². The fourth-order valence-corrected chi connectivity index (χ4v) is 1.60. The van der Waals surface area contributed by atoms with E-state index in [1.807, 2.05) is 6.08 Å². The van der Waals surface area contributed by atoms with Crippen LogP contribution >= 0.6 is 0 Å².